The zero-order valence-corrected chi connectivity index (χ0v) is 11.6. The summed E-state index contributed by atoms with van der Waals surface area (Å²) in [6.45, 7) is 1.54. The van der Waals surface area contributed by atoms with E-state index < -0.39 is 12.8 Å². The van der Waals surface area contributed by atoms with E-state index in [0.717, 1.165) is 31.5 Å². The smallest absolute Gasteiger partial charge is 0.293 e. The monoisotopic (exact) mass is 305 g/mol. The van der Waals surface area contributed by atoms with Crippen molar-refractivity contribution in [2.45, 2.75) is 31.5 Å². The first-order valence-electron chi connectivity index (χ1n) is 7.08. The summed E-state index contributed by atoms with van der Waals surface area (Å²) in [6, 6.07) is 5.87. The van der Waals surface area contributed by atoms with E-state index in [1.54, 1.807) is 12.1 Å². The largest absolute Gasteiger partial charge is 0.343 e. The van der Waals surface area contributed by atoms with Gasteiger partial charge in [-0.1, -0.05) is 12.1 Å². The molecule has 2 atom stereocenters. The molecule has 1 aromatic rings. The second-order valence-electron chi connectivity index (χ2n) is 5.26. The molecule has 0 radical (unpaired) electrons. The van der Waals surface area contributed by atoms with E-state index in [0.29, 0.717) is 0 Å². The van der Waals surface area contributed by atoms with Crippen LogP contribution in [0.2, 0.25) is 0 Å². The number of hydrogen-bond acceptors (Lipinski definition) is 2. The topological polar surface area (TPSA) is 21.3 Å². The summed E-state index contributed by atoms with van der Waals surface area (Å²) in [7, 11) is 0. The average molecular weight is 305 g/mol. The Labute approximate surface area is 121 Å². The molecule has 0 aliphatic carbocycles. The maximum Gasteiger partial charge on any atom is 0.293 e. The second kappa shape index (κ2) is 7.75. The molecule has 2 rings (SSSR count). The summed E-state index contributed by atoms with van der Waals surface area (Å²) in [4.78, 5) is 0. The van der Waals surface area contributed by atoms with Crippen LogP contribution in [0.1, 0.15) is 24.3 Å². The molecule has 1 heterocycles. The summed E-state index contributed by atoms with van der Waals surface area (Å²) in [5, 5.41) is 3.22. The van der Waals surface area contributed by atoms with Crippen LogP contribution in [0.3, 0.4) is 0 Å². The van der Waals surface area contributed by atoms with Crippen molar-refractivity contribution in [2.75, 3.05) is 19.7 Å². The lowest BCUT2D eigenvalue weighted by molar-refractivity contribution is -0.134. The van der Waals surface area contributed by atoms with Crippen LogP contribution in [-0.4, -0.2) is 32.5 Å². The highest BCUT2D eigenvalue weighted by atomic mass is 19.3. The number of hydrogen-bond donors (Lipinski definition) is 1. The number of halogens is 4. The second-order valence-corrected chi connectivity index (χ2v) is 5.26. The van der Waals surface area contributed by atoms with Gasteiger partial charge < -0.3 is 10.1 Å². The third kappa shape index (κ3) is 4.68. The zero-order valence-electron chi connectivity index (χ0n) is 11.6. The first-order chi connectivity index (χ1) is 10.1. The highest BCUT2D eigenvalue weighted by Crippen LogP contribution is 2.32. The Morgan fingerprint density at radius 3 is 2.29 bits per heavy atom. The van der Waals surface area contributed by atoms with E-state index >= 15 is 0 Å². The normalized spacial score (nSPS) is 19.7. The Balaban J connectivity index is 2.07. The van der Waals surface area contributed by atoms with Crippen LogP contribution in [0.15, 0.2) is 24.3 Å². The predicted molar refractivity (Wildman–Crippen MR) is 71.6 cm³/mol. The van der Waals surface area contributed by atoms with E-state index in [2.05, 4.69) is 10.1 Å². The maximum absolute atomic E-state index is 13.0. The quantitative estimate of drug-likeness (QED) is 0.812. The number of rotatable bonds is 6. The van der Waals surface area contributed by atoms with Gasteiger partial charge in [0.05, 0.1) is 6.61 Å². The van der Waals surface area contributed by atoms with E-state index in [1.807, 2.05) is 0 Å². The van der Waals surface area contributed by atoms with Gasteiger partial charge in [-0.05, 0) is 49.5 Å². The van der Waals surface area contributed by atoms with Gasteiger partial charge in [0, 0.05) is 5.92 Å². The van der Waals surface area contributed by atoms with Gasteiger partial charge >= 0.3 is 0 Å². The molecule has 0 amide bonds. The fourth-order valence-electron chi connectivity index (χ4n) is 2.73. The summed E-state index contributed by atoms with van der Waals surface area (Å²) in [6.07, 6.45) is -4.00. The lowest BCUT2D eigenvalue weighted by Gasteiger charge is -2.31. The molecular weight excluding hydrogens is 286 g/mol. The molecular formula is C15H19F4NO. The Morgan fingerprint density at radius 2 is 1.71 bits per heavy atom. The van der Waals surface area contributed by atoms with Gasteiger partial charge in [0.2, 0.25) is 0 Å². The van der Waals surface area contributed by atoms with E-state index in [4.69, 9.17) is 0 Å². The van der Waals surface area contributed by atoms with Crippen molar-refractivity contribution in [1.29, 1.82) is 0 Å². The van der Waals surface area contributed by atoms with Gasteiger partial charge in [0.1, 0.15) is 5.82 Å². The third-order valence-corrected chi connectivity index (χ3v) is 3.88. The molecule has 1 aliphatic heterocycles. The van der Waals surface area contributed by atoms with Crippen LogP contribution in [0.4, 0.5) is 17.6 Å². The van der Waals surface area contributed by atoms with Gasteiger partial charge in [-0.3, -0.25) is 0 Å². The fraction of sp³-hybridized carbons (Fsp3) is 0.600. The van der Waals surface area contributed by atoms with Crippen molar-refractivity contribution in [1.82, 2.24) is 5.32 Å². The first kappa shape index (κ1) is 16.2. The molecule has 118 valence electrons. The molecule has 0 saturated carbocycles. The van der Waals surface area contributed by atoms with Crippen molar-refractivity contribution in [2.24, 2.45) is 5.92 Å². The number of piperidine rings is 1. The number of alkyl halides is 3. The first-order valence-corrected chi connectivity index (χ1v) is 7.08. The van der Waals surface area contributed by atoms with Crippen LogP contribution >= 0.6 is 0 Å². The standard InChI is InChI=1S/C15H19F4NO/c16-12-3-1-10(2-4-12)13(9-21-15(19)14(17)18)11-5-7-20-8-6-11/h1-4,11,13-15,20H,5-9H2. The van der Waals surface area contributed by atoms with Crippen LogP contribution < -0.4 is 5.32 Å². The minimum absolute atomic E-state index is 0.123. The summed E-state index contributed by atoms with van der Waals surface area (Å²) in [5.41, 5.74) is 0.796. The van der Waals surface area contributed by atoms with Crippen molar-refractivity contribution in [3.05, 3.63) is 35.6 Å². The van der Waals surface area contributed by atoms with Gasteiger partial charge in [0.25, 0.3) is 12.8 Å². The molecule has 1 N–H and O–H groups in total. The maximum atomic E-state index is 13.0. The van der Waals surface area contributed by atoms with Gasteiger partial charge in [-0.25, -0.2) is 17.6 Å². The fourth-order valence-corrected chi connectivity index (χ4v) is 2.73. The van der Waals surface area contributed by atoms with Crippen LogP contribution in [-0.2, 0) is 4.74 Å². The van der Waals surface area contributed by atoms with Crippen molar-refractivity contribution < 1.29 is 22.3 Å². The third-order valence-electron chi connectivity index (χ3n) is 3.88. The molecule has 1 fully saturated rings. The zero-order chi connectivity index (χ0) is 15.2. The molecule has 1 aliphatic rings. The molecule has 1 aromatic carbocycles. The Kier molecular flexibility index (Phi) is 5.99. The van der Waals surface area contributed by atoms with Crippen LogP contribution in [0.5, 0.6) is 0 Å². The minimum Gasteiger partial charge on any atom is -0.343 e. The lowest BCUT2D eigenvalue weighted by Crippen LogP contribution is -2.33. The highest BCUT2D eigenvalue weighted by Gasteiger charge is 2.28. The number of ether oxygens (including phenoxy) is 1. The molecule has 6 heteroatoms. The number of nitrogens with one attached hydrogen (secondary N) is 1. The van der Waals surface area contributed by atoms with Crippen molar-refractivity contribution in [3.8, 4) is 0 Å². The number of benzene rings is 1. The Morgan fingerprint density at radius 1 is 1.10 bits per heavy atom. The van der Waals surface area contributed by atoms with Gasteiger partial charge in [-0.2, -0.15) is 0 Å². The molecule has 0 spiro atoms. The van der Waals surface area contributed by atoms with E-state index in [9.17, 15) is 17.6 Å². The molecule has 0 bridgehead atoms. The summed E-state index contributed by atoms with van der Waals surface area (Å²) < 4.78 is 55.1. The van der Waals surface area contributed by atoms with Crippen LogP contribution in [0, 0.1) is 11.7 Å². The molecule has 2 nitrogen and oxygen atoms in total. The lowest BCUT2D eigenvalue weighted by atomic mass is 9.81. The predicted octanol–water partition coefficient (Wildman–Crippen LogP) is 3.49. The summed E-state index contributed by atoms with van der Waals surface area (Å²) >= 11 is 0. The summed E-state index contributed by atoms with van der Waals surface area (Å²) in [5.74, 6) is -0.356. The molecule has 1 saturated heterocycles. The average Bonchev–Trinajstić information content (AvgIpc) is 2.50. The van der Waals surface area contributed by atoms with E-state index in [1.165, 1.54) is 12.1 Å². The molecule has 2 unspecified atom stereocenters. The SMILES string of the molecule is Fc1ccc(C(COC(F)C(F)F)C2CCNCC2)cc1. The highest BCUT2D eigenvalue weighted by molar-refractivity contribution is 5.21. The van der Waals surface area contributed by atoms with Crippen LogP contribution in [0.25, 0.3) is 0 Å². The Bertz CT molecular complexity index is 420. The minimum atomic E-state index is -3.15. The molecule has 0 aromatic heterocycles. The van der Waals surface area contributed by atoms with Gasteiger partial charge in [-0.15, -0.1) is 0 Å². The molecule has 21 heavy (non-hydrogen) atoms. The van der Waals surface area contributed by atoms with Crippen molar-refractivity contribution in [3.63, 3.8) is 0 Å². The van der Waals surface area contributed by atoms with Gasteiger partial charge in [0.15, 0.2) is 0 Å². The van der Waals surface area contributed by atoms with Crippen molar-refractivity contribution >= 4 is 0 Å². The Hall–Kier alpha value is -1.14. The van der Waals surface area contributed by atoms with E-state index in [-0.39, 0.29) is 24.3 Å².